The van der Waals surface area contributed by atoms with Crippen molar-refractivity contribution in [3.05, 3.63) is 59.8 Å². The van der Waals surface area contributed by atoms with E-state index in [0.717, 1.165) is 17.9 Å². The summed E-state index contributed by atoms with van der Waals surface area (Å²) in [4.78, 5) is 6.50. The first-order valence-corrected chi connectivity index (χ1v) is 6.59. The van der Waals surface area contributed by atoms with Crippen LogP contribution in [0.25, 0.3) is 0 Å². The molecule has 0 spiro atoms. The molecule has 1 heterocycles. The number of nitrogens with zero attached hydrogens (tertiary/aromatic N) is 2. The second-order valence-electron chi connectivity index (χ2n) is 4.72. The van der Waals surface area contributed by atoms with Crippen LogP contribution < -0.4 is 4.90 Å². The van der Waals surface area contributed by atoms with Crippen LogP contribution in [0.1, 0.15) is 30.6 Å². The number of rotatable bonds is 5. The summed E-state index contributed by atoms with van der Waals surface area (Å²) >= 11 is 0. The normalized spacial score (nSPS) is 12.2. The first-order valence-electron chi connectivity index (χ1n) is 6.59. The highest BCUT2D eigenvalue weighted by Crippen LogP contribution is 2.18. The van der Waals surface area contributed by atoms with Gasteiger partial charge in [0, 0.05) is 19.8 Å². The van der Waals surface area contributed by atoms with Gasteiger partial charge in [-0.3, -0.25) is 0 Å². The van der Waals surface area contributed by atoms with Gasteiger partial charge in [0.1, 0.15) is 5.82 Å². The largest absolute Gasteiger partial charge is 0.388 e. The van der Waals surface area contributed by atoms with Crippen LogP contribution >= 0.6 is 0 Å². The molecule has 1 aromatic carbocycles. The minimum absolute atomic E-state index is 0.416. The Morgan fingerprint density at radius 2 is 1.89 bits per heavy atom. The van der Waals surface area contributed by atoms with Crippen LogP contribution in [0, 0.1) is 0 Å². The fourth-order valence-corrected chi connectivity index (χ4v) is 1.99. The molecule has 3 heteroatoms. The average molecular weight is 256 g/mol. The molecule has 0 amide bonds. The monoisotopic (exact) mass is 256 g/mol. The van der Waals surface area contributed by atoms with Crippen molar-refractivity contribution in [2.24, 2.45) is 0 Å². The van der Waals surface area contributed by atoms with Crippen LogP contribution in [0.15, 0.2) is 48.7 Å². The van der Waals surface area contributed by atoms with Gasteiger partial charge in [-0.15, -0.1) is 0 Å². The van der Waals surface area contributed by atoms with Crippen molar-refractivity contribution in [2.45, 2.75) is 26.0 Å². The highest BCUT2D eigenvalue weighted by molar-refractivity contribution is 5.39. The Labute approximate surface area is 114 Å². The van der Waals surface area contributed by atoms with Gasteiger partial charge in [-0.1, -0.05) is 43.3 Å². The third-order valence-corrected chi connectivity index (χ3v) is 3.20. The van der Waals surface area contributed by atoms with Crippen LogP contribution in [0.5, 0.6) is 0 Å². The quantitative estimate of drug-likeness (QED) is 0.892. The molecule has 0 saturated carbocycles. The molecule has 0 aliphatic carbocycles. The van der Waals surface area contributed by atoms with Gasteiger partial charge in [0.2, 0.25) is 0 Å². The molecule has 0 radical (unpaired) electrons. The standard InChI is InChI=1S/C16H20N2O/c1-3-15(19)14-9-10-16(17-11-14)18(2)12-13-7-5-4-6-8-13/h4-11,15,19H,3,12H2,1-2H3/t15-/m1/s1. The van der Waals surface area contributed by atoms with E-state index in [0.29, 0.717) is 6.42 Å². The lowest BCUT2D eigenvalue weighted by molar-refractivity contribution is 0.173. The average Bonchev–Trinajstić information content (AvgIpc) is 2.47. The van der Waals surface area contributed by atoms with Gasteiger partial charge in [0.15, 0.2) is 0 Å². The van der Waals surface area contributed by atoms with Gasteiger partial charge in [-0.2, -0.15) is 0 Å². The Morgan fingerprint density at radius 1 is 1.16 bits per heavy atom. The molecule has 0 fully saturated rings. The van der Waals surface area contributed by atoms with Crippen molar-refractivity contribution in [3.8, 4) is 0 Å². The van der Waals surface area contributed by atoms with Crippen molar-refractivity contribution >= 4 is 5.82 Å². The number of pyridine rings is 1. The third-order valence-electron chi connectivity index (χ3n) is 3.20. The summed E-state index contributed by atoms with van der Waals surface area (Å²) in [5.41, 5.74) is 2.13. The molecule has 19 heavy (non-hydrogen) atoms. The molecular weight excluding hydrogens is 236 g/mol. The summed E-state index contributed by atoms with van der Waals surface area (Å²) < 4.78 is 0. The van der Waals surface area contributed by atoms with Gasteiger partial charge >= 0.3 is 0 Å². The third kappa shape index (κ3) is 3.55. The Bertz CT molecular complexity index is 496. The highest BCUT2D eigenvalue weighted by Gasteiger charge is 2.07. The number of aliphatic hydroxyl groups is 1. The topological polar surface area (TPSA) is 36.4 Å². The number of hydrogen-bond donors (Lipinski definition) is 1. The van der Waals surface area contributed by atoms with Crippen molar-refractivity contribution in [3.63, 3.8) is 0 Å². The second kappa shape index (κ2) is 6.34. The SMILES string of the molecule is CC[C@@H](O)c1ccc(N(C)Cc2ccccc2)nc1. The molecule has 3 nitrogen and oxygen atoms in total. The maximum absolute atomic E-state index is 9.74. The molecule has 0 unspecified atom stereocenters. The Kier molecular flexibility index (Phi) is 4.53. The van der Waals surface area contributed by atoms with Crippen LogP contribution in [-0.2, 0) is 6.54 Å². The summed E-state index contributed by atoms with van der Waals surface area (Å²) in [5, 5.41) is 9.74. The minimum atomic E-state index is -0.416. The molecule has 0 aliphatic heterocycles. The lowest BCUT2D eigenvalue weighted by Gasteiger charge is -2.19. The van der Waals surface area contributed by atoms with E-state index in [1.54, 1.807) is 6.20 Å². The van der Waals surface area contributed by atoms with E-state index in [4.69, 9.17) is 0 Å². The van der Waals surface area contributed by atoms with Crippen molar-refractivity contribution in [2.75, 3.05) is 11.9 Å². The van der Waals surface area contributed by atoms with Gasteiger partial charge in [-0.25, -0.2) is 4.98 Å². The molecule has 0 aliphatic rings. The summed E-state index contributed by atoms with van der Waals surface area (Å²) in [6.45, 7) is 2.78. The zero-order chi connectivity index (χ0) is 13.7. The van der Waals surface area contributed by atoms with E-state index in [1.807, 2.05) is 44.3 Å². The predicted octanol–water partition coefficient (Wildman–Crippen LogP) is 3.16. The van der Waals surface area contributed by atoms with Gasteiger partial charge in [0.25, 0.3) is 0 Å². The lowest BCUT2D eigenvalue weighted by atomic mass is 10.1. The zero-order valence-corrected chi connectivity index (χ0v) is 11.5. The van der Waals surface area contributed by atoms with E-state index in [9.17, 15) is 5.11 Å². The molecule has 2 rings (SSSR count). The van der Waals surface area contributed by atoms with E-state index in [1.165, 1.54) is 5.56 Å². The molecular formula is C16H20N2O. The number of aromatic nitrogens is 1. The van der Waals surface area contributed by atoms with Crippen LogP contribution in [0.4, 0.5) is 5.82 Å². The van der Waals surface area contributed by atoms with E-state index in [2.05, 4.69) is 22.0 Å². The van der Waals surface area contributed by atoms with Crippen LogP contribution in [0.2, 0.25) is 0 Å². The van der Waals surface area contributed by atoms with Crippen molar-refractivity contribution in [1.29, 1.82) is 0 Å². The number of aliphatic hydroxyl groups excluding tert-OH is 1. The lowest BCUT2D eigenvalue weighted by Crippen LogP contribution is -2.17. The second-order valence-corrected chi connectivity index (χ2v) is 4.72. The van der Waals surface area contributed by atoms with Gasteiger partial charge in [-0.05, 0) is 23.6 Å². The van der Waals surface area contributed by atoms with Crippen LogP contribution in [0.3, 0.4) is 0 Å². The van der Waals surface area contributed by atoms with Crippen molar-refractivity contribution < 1.29 is 5.11 Å². The van der Waals surface area contributed by atoms with Gasteiger partial charge in [0.05, 0.1) is 6.10 Å². The van der Waals surface area contributed by atoms with Gasteiger partial charge < -0.3 is 10.0 Å². The molecule has 0 bridgehead atoms. The molecule has 2 aromatic rings. The predicted molar refractivity (Wildman–Crippen MR) is 78.0 cm³/mol. The summed E-state index contributed by atoms with van der Waals surface area (Å²) in [7, 11) is 2.02. The van der Waals surface area contributed by atoms with E-state index in [-0.39, 0.29) is 0 Å². The Hall–Kier alpha value is -1.87. The molecule has 1 aromatic heterocycles. The van der Waals surface area contributed by atoms with Crippen LogP contribution in [-0.4, -0.2) is 17.1 Å². The molecule has 100 valence electrons. The summed E-state index contributed by atoms with van der Waals surface area (Å²) in [6.07, 6.45) is 2.05. The number of anilines is 1. The fourth-order valence-electron chi connectivity index (χ4n) is 1.99. The smallest absolute Gasteiger partial charge is 0.128 e. The maximum Gasteiger partial charge on any atom is 0.128 e. The first kappa shape index (κ1) is 13.6. The first-order chi connectivity index (χ1) is 9.20. The molecule has 0 saturated heterocycles. The molecule has 1 N–H and O–H groups in total. The number of benzene rings is 1. The minimum Gasteiger partial charge on any atom is -0.388 e. The van der Waals surface area contributed by atoms with E-state index < -0.39 is 6.10 Å². The summed E-state index contributed by atoms with van der Waals surface area (Å²) in [6, 6.07) is 14.2. The highest BCUT2D eigenvalue weighted by atomic mass is 16.3. The Balaban J connectivity index is 2.05. The van der Waals surface area contributed by atoms with E-state index >= 15 is 0 Å². The summed E-state index contributed by atoms with van der Waals surface area (Å²) in [5.74, 6) is 0.913. The maximum atomic E-state index is 9.74. The number of hydrogen-bond acceptors (Lipinski definition) is 3. The molecule has 1 atom stereocenters. The fraction of sp³-hybridized carbons (Fsp3) is 0.312. The zero-order valence-electron chi connectivity index (χ0n) is 11.5. The van der Waals surface area contributed by atoms with Crippen molar-refractivity contribution in [1.82, 2.24) is 4.98 Å². The Morgan fingerprint density at radius 3 is 2.47 bits per heavy atom.